The maximum atomic E-state index is 14.6. The Morgan fingerprint density at radius 2 is 2.00 bits per heavy atom. The molecule has 30 heavy (non-hydrogen) atoms. The van der Waals surface area contributed by atoms with Gasteiger partial charge in [0.15, 0.2) is 0 Å². The molecule has 1 spiro atoms. The van der Waals surface area contributed by atoms with Gasteiger partial charge in [-0.05, 0) is 67.6 Å². The molecule has 1 saturated carbocycles. The number of nitrogens with zero attached hydrogens (tertiary/aromatic N) is 1. The third-order valence-electron chi connectivity index (χ3n) is 5.44. The molecule has 1 aliphatic carbocycles. The molecule has 1 amide bonds. The molecule has 1 saturated heterocycles. The van der Waals surface area contributed by atoms with Crippen LogP contribution in [-0.4, -0.2) is 49.4 Å². The second-order valence-electron chi connectivity index (χ2n) is 8.86. The van der Waals surface area contributed by atoms with Crippen LogP contribution in [0.4, 0.5) is 18.0 Å². The number of benzene rings is 1. The van der Waals surface area contributed by atoms with E-state index in [9.17, 15) is 26.4 Å². The van der Waals surface area contributed by atoms with Gasteiger partial charge in [-0.3, -0.25) is 0 Å². The Labute approximate surface area is 182 Å². The molecule has 168 valence electrons. The maximum Gasteiger partial charge on any atom is 0.410 e. The summed E-state index contributed by atoms with van der Waals surface area (Å²) < 4.78 is 72.4. The summed E-state index contributed by atoms with van der Waals surface area (Å²) in [4.78, 5) is 14.2. The average molecular weight is 513 g/mol. The largest absolute Gasteiger partial charge is 0.444 e. The number of hydrogen-bond acceptors (Lipinski definition) is 4. The highest BCUT2D eigenvalue weighted by atomic mass is 79.9. The number of carbonyl (C=O) groups excluding carboxylic acids is 1. The summed E-state index contributed by atoms with van der Waals surface area (Å²) in [5.74, 6) is -4.15. The van der Waals surface area contributed by atoms with E-state index >= 15 is 0 Å². The number of amides is 1. The molecule has 1 aromatic rings. The van der Waals surface area contributed by atoms with E-state index in [1.165, 1.54) is 17.0 Å². The van der Waals surface area contributed by atoms with Crippen molar-refractivity contribution in [2.75, 3.05) is 6.54 Å². The quantitative estimate of drug-likeness (QED) is 0.645. The normalized spacial score (nSPS) is 23.3. The van der Waals surface area contributed by atoms with Crippen molar-refractivity contribution in [2.24, 2.45) is 5.41 Å². The Bertz CT molecular complexity index is 932. The van der Waals surface area contributed by atoms with Crippen LogP contribution in [0.3, 0.4) is 0 Å². The number of likely N-dealkylation sites (tertiary alicyclic amines) is 1. The lowest BCUT2D eigenvalue weighted by Gasteiger charge is -2.31. The average Bonchev–Trinajstić information content (AvgIpc) is 3.32. The van der Waals surface area contributed by atoms with Crippen LogP contribution in [0.15, 0.2) is 22.7 Å². The van der Waals surface area contributed by atoms with Crippen molar-refractivity contribution in [2.45, 2.75) is 63.5 Å². The fraction of sp³-hybridized carbons (Fsp3) is 0.632. The number of ether oxygens (including phenoxy) is 1. The molecule has 1 aliphatic heterocycles. The monoisotopic (exact) mass is 512 g/mol. The summed E-state index contributed by atoms with van der Waals surface area (Å²) in [5.41, 5.74) is -1.23. The number of nitrogens with one attached hydrogen (secondary N) is 1. The fourth-order valence-corrected chi connectivity index (χ4v) is 5.16. The predicted molar refractivity (Wildman–Crippen MR) is 108 cm³/mol. The summed E-state index contributed by atoms with van der Waals surface area (Å²) in [6, 6.07) is 2.80. The molecular formula is C19H24BrF3N2O4S. The Morgan fingerprint density at radius 1 is 1.37 bits per heavy atom. The van der Waals surface area contributed by atoms with Gasteiger partial charge in [-0.2, -0.15) is 8.78 Å². The van der Waals surface area contributed by atoms with Crippen molar-refractivity contribution in [1.29, 1.82) is 0 Å². The van der Waals surface area contributed by atoms with E-state index in [0.29, 0.717) is 12.8 Å². The maximum absolute atomic E-state index is 14.6. The standard InChI is InChI=1S/C19H24BrF3N2O4S/c1-18(2,3)29-17(26)25-10-19(7-8-19)15(24-30(27,28)16(22)23)13(25)9-11-5-4-6-12(20)14(11)21/h4-6,13,15-16,24H,7-10H2,1-3H3/t13-,15+/m0/s1. The second-order valence-corrected chi connectivity index (χ2v) is 11.4. The Kier molecular flexibility index (Phi) is 6.21. The van der Waals surface area contributed by atoms with Crippen LogP contribution in [0.25, 0.3) is 0 Å². The highest BCUT2D eigenvalue weighted by Crippen LogP contribution is 2.56. The van der Waals surface area contributed by atoms with E-state index in [1.807, 2.05) is 0 Å². The van der Waals surface area contributed by atoms with Gasteiger partial charge >= 0.3 is 11.9 Å². The first kappa shape index (κ1) is 23.3. The van der Waals surface area contributed by atoms with Crippen LogP contribution < -0.4 is 4.72 Å². The fourth-order valence-electron chi connectivity index (χ4n) is 3.88. The third-order valence-corrected chi connectivity index (χ3v) is 7.10. The molecule has 6 nitrogen and oxygen atoms in total. The first-order valence-electron chi connectivity index (χ1n) is 9.48. The van der Waals surface area contributed by atoms with Crippen molar-refractivity contribution in [3.8, 4) is 0 Å². The third kappa shape index (κ3) is 4.77. The van der Waals surface area contributed by atoms with Crippen LogP contribution >= 0.6 is 15.9 Å². The molecule has 0 bridgehead atoms. The van der Waals surface area contributed by atoms with Gasteiger partial charge in [-0.15, -0.1) is 0 Å². The number of hydrogen-bond donors (Lipinski definition) is 1. The van der Waals surface area contributed by atoms with Gasteiger partial charge in [0.1, 0.15) is 11.4 Å². The molecular weight excluding hydrogens is 489 g/mol. The van der Waals surface area contributed by atoms with Gasteiger partial charge in [0.2, 0.25) is 0 Å². The number of carbonyl (C=O) groups is 1. The summed E-state index contributed by atoms with van der Waals surface area (Å²) in [6.07, 6.45) is 0.399. The van der Waals surface area contributed by atoms with Crippen LogP contribution in [0.5, 0.6) is 0 Å². The summed E-state index contributed by atoms with van der Waals surface area (Å²) in [7, 11) is -4.91. The smallest absolute Gasteiger partial charge is 0.410 e. The van der Waals surface area contributed by atoms with Gasteiger partial charge in [0, 0.05) is 12.0 Å². The van der Waals surface area contributed by atoms with Crippen molar-refractivity contribution >= 4 is 32.0 Å². The molecule has 11 heteroatoms. The topological polar surface area (TPSA) is 75.7 Å². The van der Waals surface area contributed by atoms with Crippen LogP contribution in [0, 0.1) is 11.2 Å². The predicted octanol–water partition coefficient (Wildman–Crippen LogP) is 4.04. The van der Waals surface area contributed by atoms with Crippen LogP contribution in [0.2, 0.25) is 0 Å². The molecule has 1 aromatic carbocycles. The van der Waals surface area contributed by atoms with E-state index in [1.54, 1.807) is 26.8 Å². The minimum absolute atomic E-state index is 0.0529. The minimum Gasteiger partial charge on any atom is -0.444 e. The molecule has 3 rings (SSSR count). The lowest BCUT2D eigenvalue weighted by atomic mass is 9.92. The Hall–Kier alpha value is -1.33. The second kappa shape index (κ2) is 7.98. The lowest BCUT2D eigenvalue weighted by molar-refractivity contribution is 0.0213. The zero-order valence-corrected chi connectivity index (χ0v) is 19.2. The van der Waals surface area contributed by atoms with E-state index in [0.717, 1.165) is 0 Å². The number of sulfonamides is 1. The zero-order valence-electron chi connectivity index (χ0n) is 16.8. The number of rotatable bonds is 5. The number of alkyl halides is 2. The van der Waals surface area contributed by atoms with E-state index in [-0.39, 0.29) is 23.0 Å². The van der Waals surface area contributed by atoms with Crippen molar-refractivity contribution in [3.05, 3.63) is 34.1 Å². The van der Waals surface area contributed by atoms with Gasteiger partial charge in [-0.1, -0.05) is 12.1 Å². The lowest BCUT2D eigenvalue weighted by Crippen LogP contribution is -2.51. The molecule has 0 unspecified atom stereocenters. The molecule has 1 heterocycles. The van der Waals surface area contributed by atoms with E-state index in [4.69, 9.17) is 4.74 Å². The first-order valence-corrected chi connectivity index (χ1v) is 11.8. The minimum atomic E-state index is -4.91. The van der Waals surface area contributed by atoms with Crippen molar-refractivity contribution in [1.82, 2.24) is 9.62 Å². The summed E-state index contributed by atoms with van der Waals surface area (Å²) in [6.45, 7) is 5.22. The molecule has 2 aliphatic rings. The molecule has 2 atom stereocenters. The van der Waals surface area contributed by atoms with E-state index in [2.05, 4.69) is 20.7 Å². The molecule has 2 fully saturated rings. The molecule has 1 N–H and O–H groups in total. The highest BCUT2D eigenvalue weighted by Gasteiger charge is 2.62. The SMILES string of the molecule is CC(C)(C)OC(=O)N1CC2(CC2)[C@H](NS(=O)(=O)C(F)F)[C@@H]1Cc1cccc(Br)c1F. The summed E-state index contributed by atoms with van der Waals surface area (Å²) >= 11 is 3.11. The Morgan fingerprint density at radius 3 is 2.53 bits per heavy atom. The van der Waals surface area contributed by atoms with Crippen LogP contribution in [0.1, 0.15) is 39.2 Å². The van der Waals surface area contributed by atoms with Gasteiger partial charge in [-0.25, -0.2) is 22.3 Å². The number of halogens is 4. The van der Waals surface area contributed by atoms with Crippen molar-refractivity contribution < 1.29 is 31.1 Å². The highest BCUT2D eigenvalue weighted by molar-refractivity contribution is 9.10. The van der Waals surface area contributed by atoms with Gasteiger partial charge in [0.25, 0.3) is 10.0 Å². The van der Waals surface area contributed by atoms with Gasteiger partial charge < -0.3 is 9.64 Å². The van der Waals surface area contributed by atoms with Crippen LogP contribution in [-0.2, 0) is 21.2 Å². The first-order chi connectivity index (χ1) is 13.8. The zero-order chi connectivity index (χ0) is 22.5. The molecule has 0 radical (unpaired) electrons. The van der Waals surface area contributed by atoms with Crippen molar-refractivity contribution in [3.63, 3.8) is 0 Å². The Balaban J connectivity index is 1.98. The van der Waals surface area contributed by atoms with E-state index < -0.39 is 50.8 Å². The molecule has 0 aromatic heterocycles. The van der Waals surface area contributed by atoms with Gasteiger partial charge in [0.05, 0.1) is 16.6 Å². The summed E-state index contributed by atoms with van der Waals surface area (Å²) in [5, 5.41) is 0.